The van der Waals surface area contributed by atoms with Crippen LogP contribution >= 0.6 is 0 Å². The van der Waals surface area contributed by atoms with Crippen molar-refractivity contribution < 1.29 is 4.92 Å². The number of hydrogen-bond donors (Lipinski definition) is 2. The van der Waals surface area contributed by atoms with Crippen molar-refractivity contribution in [1.29, 1.82) is 0 Å². The van der Waals surface area contributed by atoms with Gasteiger partial charge in [-0.15, -0.1) is 0 Å². The highest BCUT2D eigenvalue weighted by molar-refractivity contribution is 5.49. The molecule has 2 atom stereocenters. The molecule has 2 rings (SSSR count). The molecule has 1 aromatic carbocycles. The molecule has 0 amide bonds. The van der Waals surface area contributed by atoms with Crippen LogP contribution in [0, 0.1) is 10.1 Å². The molecule has 0 spiro atoms. The Morgan fingerprint density at radius 3 is 2.50 bits per heavy atom. The van der Waals surface area contributed by atoms with E-state index in [4.69, 9.17) is 5.73 Å². The fourth-order valence-corrected chi connectivity index (χ4v) is 2.06. The van der Waals surface area contributed by atoms with Crippen molar-refractivity contribution in [3.05, 3.63) is 34.4 Å². The Morgan fingerprint density at radius 2 is 2.00 bits per heavy atom. The van der Waals surface area contributed by atoms with Gasteiger partial charge >= 0.3 is 0 Å². The molecule has 0 aromatic heterocycles. The van der Waals surface area contributed by atoms with Gasteiger partial charge in [-0.25, -0.2) is 0 Å². The summed E-state index contributed by atoms with van der Waals surface area (Å²) in [6, 6.07) is 6.94. The first-order valence-corrected chi connectivity index (χ1v) is 5.43. The zero-order valence-electron chi connectivity index (χ0n) is 8.93. The summed E-state index contributed by atoms with van der Waals surface area (Å²) in [5, 5.41) is 13.8. The lowest BCUT2D eigenvalue weighted by atomic mass is 10.1. The third-order valence-corrected chi connectivity index (χ3v) is 3.00. The minimum atomic E-state index is -0.398. The van der Waals surface area contributed by atoms with Gasteiger partial charge in [0.2, 0.25) is 0 Å². The molecular weight excluding hydrogens is 206 g/mol. The molecule has 86 valence electrons. The summed E-state index contributed by atoms with van der Waals surface area (Å²) in [7, 11) is 0. The van der Waals surface area contributed by atoms with Gasteiger partial charge < -0.3 is 11.1 Å². The highest BCUT2D eigenvalue weighted by Crippen LogP contribution is 2.23. The Balaban J connectivity index is 2.02. The Kier molecular flexibility index (Phi) is 3.05. The summed E-state index contributed by atoms with van der Waals surface area (Å²) < 4.78 is 0. The van der Waals surface area contributed by atoms with Crippen LogP contribution in [-0.2, 0) is 0 Å². The van der Waals surface area contributed by atoms with Gasteiger partial charge in [0.25, 0.3) is 5.69 Å². The zero-order valence-corrected chi connectivity index (χ0v) is 8.93. The maximum Gasteiger partial charge on any atom is 0.269 e. The quantitative estimate of drug-likeness (QED) is 0.603. The number of nitrogens with zero attached hydrogens (tertiary/aromatic N) is 1. The van der Waals surface area contributed by atoms with E-state index in [1.54, 1.807) is 12.1 Å². The number of nitro groups is 1. The number of hydrogen-bond acceptors (Lipinski definition) is 4. The Morgan fingerprint density at radius 1 is 1.31 bits per heavy atom. The van der Waals surface area contributed by atoms with Crippen LogP contribution in [0.4, 0.5) is 11.4 Å². The summed E-state index contributed by atoms with van der Waals surface area (Å²) in [6.07, 6.45) is 3.26. The van der Waals surface area contributed by atoms with Crippen LogP contribution < -0.4 is 11.1 Å². The molecule has 0 radical (unpaired) electrons. The van der Waals surface area contributed by atoms with Gasteiger partial charge in [0.15, 0.2) is 0 Å². The van der Waals surface area contributed by atoms with Gasteiger partial charge in [0.1, 0.15) is 0 Å². The average Bonchev–Trinajstić information content (AvgIpc) is 2.65. The van der Waals surface area contributed by atoms with E-state index in [1.807, 2.05) is 0 Å². The maximum absolute atomic E-state index is 10.5. The fraction of sp³-hybridized carbons (Fsp3) is 0.455. The van der Waals surface area contributed by atoms with Crippen molar-refractivity contribution in [3.8, 4) is 0 Å². The number of non-ortho nitro benzene ring substituents is 1. The smallest absolute Gasteiger partial charge is 0.269 e. The van der Waals surface area contributed by atoms with E-state index < -0.39 is 4.92 Å². The highest BCUT2D eigenvalue weighted by Gasteiger charge is 2.23. The van der Waals surface area contributed by atoms with Crippen molar-refractivity contribution >= 4 is 11.4 Å². The van der Waals surface area contributed by atoms with Crippen LogP contribution in [0.2, 0.25) is 0 Å². The summed E-state index contributed by atoms with van der Waals surface area (Å²) >= 11 is 0. The highest BCUT2D eigenvalue weighted by atomic mass is 16.6. The first-order valence-electron chi connectivity index (χ1n) is 5.43. The number of nitrogens with one attached hydrogen (secondary N) is 1. The number of nitrogens with two attached hydrogens (primary N) is 1. The van der Waals surface area contributed by atoms with Gasteiger partial charge in [0.05, 0.1) is 4.92 Å². The van der Waals surface area contributed by atoms with E-state index in [-0.39, 0.29) is 11.7 Å². The molecule has 1 aliphatic carbocycles. The molecule has 0 heterocycles. The standard InChI is InChI=1S/C11H15N3O2/c12-10-2-1-3-11(10)13-8-4-6-9(7-5-8)14(15)16/h4-7,10-11,13H,1-3,12H2. The molecule has 5 nitrogen and oxygen atoms in total. The summed E-state index contributed by atoms with van der Waals surface area (Å²) in [6.45, 7) is 0. The van der Waals surface area contributed by atoms with E-state index in [0.29, 0.717) is 6.04 Å². The normalized spacial score (nSPS) is 24.3. The second-order valence-electron chi connectivity index (χ2n) is 4.15. The van der Waals surface area contributed by atoms with Crippen LogP contribution in [0.1, 0.15) is 19.3 Å². The number of anilines is 1. The van der Waals surface area contributed by atoms with Crippen LogP contribution in [0.15, 0.2) is 24.3 Å². The molecule has 3 N–H and O–H groups in total. The number of rotatable bonds is 3. The second-order valence-corrected chi connectivity index (χ2v) is 4.15. The largest absolute Gasteiger partial charge is 0.381 e. The zero-order chi connectivity index (χ0) is 11.5. The molecule has 1 saturated carbocycles. The molecule has 0 saturated heterocycles. The monoisotopic (exact) mass is 221 g/mol. The third-order valence-electron chi connectivity index (χ3n) is 3.00. The molecule has 1 aliphatic rings. The first kappa shape index (κ1) is 10.9. The van der Waals surface area contributed by atoms with Gasteiger partial charge in [-0.2, -0.15) is 0 Å². The SMILES string of the molecule is NC1CCCC1Nc1ccc([N+](=O)[O-])cc1. The van der Waals surface area contributed by atoms with E-state index >= 15 is 0 Å². The van der Waals surface area contributed by atoms with Gasteiger partial charge in [-0.1, -0.05) is 0 Å². The Bertz CT molecular complexity index is 377. The van der Waals surface area contributed by atoms with Gasteiger partial charge in [-0.3, -0.25) is 10.1 Å². The van der Waals surface area contributed by atoms with Crippen molar-refractivity contribution in [2.45, 2.75) is 31.3 Å². The van der Waals surface area contributed by atoms with Crippen molar-refractivity contribution in [3.63, 3.8) is 0 Å². The lowest BCUT2D eigenvalue weighted by Gasteiger charge is -2.18. The Labute approximate surface area is 93.8 Å². The molecule has 16 heavy (non-hydrogen) atoms. The van der Waals surface area contributed by atoms with Crippen molar-refractivity contribution in [2.75, 3.05) is 5.32 Å². The van der Waals surface area contributed by atoms with Crippen molar-refractivity contribution in [1.82, 2.24) is 0 Å². The molecule has 1 fully saturated rings. The molecular formula is C11H15N3O2. The summed E-state index contributed by atoms with van der Waals surface area (Å²) in [5.41, 5.74) is 6.94. The fourth-order valence-electron chi connectivity index (χ4n) is 2.06. The first-order chi connectivity index (χ1) is 7.66. The van der Waals surface area contributed by atoms with Crippen molar-refractivity contribution in [2.24, 2.45) is 5.73 Å². The minimum absolute atomic E-state index is 0.112. The van der Waals surface area contributed by atoms with Crippen LogP contribution in [0.5, 0.6) is 0 Å². The minimum Gasteiger partial charge on any atom is -0.381 e. The van der Waals surface area contributed by atoms with Gasteiger partial charge in [-0.05, 0) is 31.4 Å². The van der Waals surface area contributed by atoms with Crippen LogP contribution in [0.3, 0.4) is 0 Å². The van der Waals surface area contributed by atoms with Gasteiger partial charge in [0, 0.05) is 29.9 Å². The van der Waals surface area contributed by atoms with E-state index in [9.17, 15) is 10.1 Å². The average molecular weight is 221 g/mol. The second kappa shape index (κ2) is 4.49. The van der Waals surface area contributed by atoms with E-state index in [1.165, 1.54) is 12.1 Å². The van der Waals surface area contributed by atoms with Crippen LogP contribution in [0.25, 0.3) is 0 Å². The number of nitro benzene ring substituents is 1. The summed E-state index contributed by atoms with van der Waals surface area (Å²) in [5.74, 6) is 0. The molecule has 1 aromatic rings. The lowest BCUT2D eigenvalue weighted by Crippen LogP contribution is -2.35. The molecule has 2 unspecified atom stereocenters. The molecule has 5 heteroatoms. The van der Waals surface area contributed by atoms with E-state index in [0.717, 1.165) is 24.9 Å². The third kappa shape index (κ3) is 2.30. The number of benzene rings is 1. The summed E-state index contributed by atoms with van der Waals surface area (Å²) in [4.78, 5) is 10.1. The van der Waals surface area contributed by atoms with Crippen LogP contribution in [-0.4, -0.2) is 17.0 Å². The van der Waals surface area contributed by atoms with E-state index in [2.05, 4.69) is 5.32 Å². The topological polar surface area (TPSA) is 81.2 Å². The lowest BCUT2D eigenvalue weighted by molar-refractivity contribution is -0.384. The Hall–Kier alpha value is -1.62. The maximum atomic E-state index is 10.5. The predicted molar refractivity (Wildman–Crippen MR) is 62.3 cm³/mol. The molecule has 0 bridgehead atoms. The predicted octanol–water partition coefficient (Wildman–Crippen LogP) is 1.89. The molecule has 0 aliphatic heterocycles.